The van der Waals surface area contributed by atoms with Gasteiger partial charge in [0.05, 0.1) is 0 Å². The average Bonchev–Trinajstić information content (AvgIpc) is 2.50. The molecule has 0 aliphatic rings. The molecule has 0 aliphatic carbocycles. The van der Waals surface area contributed by atoms with Gasteiger partial charge in [0.15, 0.2) is 6.29 Å². The highest BCUT2D eigenvalue weighted by Crippen LogP contribution is 2.34. The third-order valence-electron chi connectivity index (χ3n) is 2.04. The summed E-state index contributed by atoms with van der Waals surface area (Å²) in [6, 6.07) is 3.84. The van der Waals surface area contributed by atoms with Gasteiger partial charge in [0.1, 0.15) is 0 Å². The molecule has 0 fully saturated rings. The van der Waals surface area contributed by atoms with E-state index in [4.69, 9.17) is 0 Å². The summed E-state index contributed by atoms with van der Waals surface area (Å²) >= 11 is 5.08. The van der Waals surface area contributed by atoms with Crippen molar-refractivity contribution in [2.24, 2.45) is 0 Å². The maximum absolute atomic E-state index is 10.7. The summed E-state index contributed by atoms with van der Waals surface area (Å²) < 4.78 is 2.15. The molecule has 2 aromatic rings. The molecule has 0 bridgehead atoms. The van der Waals surface area contributed by atoms with Crippen molar-refractivity contribution in [2.75, 3.05) is 0 Å². The highest BCUT2D eigenvalue weighted by molar-refractivity contribution is 9.10. The Labute approximate surface area is 88.5 Å². The molecule has 1 aromatic heterocycles. The van der Waals surface area contributed by atoms with E-state index in [2.05, 4.69) is 15.9 Å². The van der Waals surface area contributed by atoms with Gasteiger partial charge in [-0.2, -0.15) is 0 Å². The molecule has 13 heavy (non-hydrogen) atoms. The van der Waals surface area contributed by atoms with E-state index in [0.29, 0.717) is 0 Å². The number of thiophene rings is 1. The number of hydrogen-bond acceptors (Lipinski definition) is 2. The predicted octanol–water partition coefficient (Wildman–Crippen LogP) is 3.78. The number of rotatable bonds is 1. The Balaban J connectivity index is 2.95. The van der Waals surface area contributed by atoms with Gasteiger partial charge in [-0.25, -0.2) is 0 Å². The zero-order valence-electron chi connectivity index (χ0n) is 7.00. The van der Waals surface area contributed by atoms with Gasteiger partial charge in [-0.15, -0.1) is 11.3 Å². The zero-order chi connectivity index (χ0) is 9.42. The molecule has 0 unspecified atom stereocenters. The molecule has 0 spiro atoms. The van der Waals surface area contributed by atoms with Crippen LogP contribution in [0.25, 0.3) is 10.1 Å². The molecule has 66 valence electrons. The highest BCUT2D eigenvalue weighted by Gasteiger charge is 2.07. The van der Waals surface area contributed by atoms with Crippen LogP contribution < -0.4 is 0 Å². The zero-order valence-corrected chi connectivity index (χ0v) is 9.41. The average molecular weight is 255 g/mol. The normalized spacial score (nSPS) is 10.6. The SMILES string of the molecule is Cc1ccc(C=O)c2scc(Br)c12. The lowest BCUT2D eigenvalue weighted by molar-refractivity contribution is 0.112. The first-order valence-electron chi connectivity index (χ1n) is 3.85. The monoisotopic (exact) mass is 254 g/mol. The van der Waals surface area contributed by atoms with Crippen LogP contribution in [-0.4, -0.2) is 6.29 Å². The number of hydrogen-bond donors (Lipinski definition) is 0. The van der Waals surface area contributed by atoms with Gasteiger partial charge >= 0.3 is 0 Å². The quantitative estimate of drug-likeness (QED) is 0.708. The summed E-state index contributed by atoms with van der Waals surface area (Å²) in [7, 11) is 0. The van der Waals surface area contributed by atoms with Crippen LogP contribution in [-0.2, 0) is 0 Å². The van der Waals surface area contributed by atoms with Gasteiger partial charge in [-0.1, -0.05) is 6.07 Å². The van der Waals surface area contributed by atoms with Crippen LogP contribution in [0.1, 0.15) is 15.9 Å². The second-order valence-corrected chi connectivity index (χ2v) is 4.61. The Bertz CT molecular complexity index is 473. The summed E-state index contributed by atoms with van der Waals surface area (Å²) in [5.74, 6) is 0. The second-order valence-electron chi connectivity index (χ2n) is 2.88. The Morgan fingerprint density at radius 1 is 1.46 bits per heavy atom. The summed E-state index contributed by atoms with van der Waals surface area (Å²) in [6.07, 6.45) is 0.907. The van der Waals surface area contributed by atoms with Crippen molar-refractivity contribution in [2.45, 2.75) is 6.92 Å². The van der Waals surface area contributed by atoms with E-state index in [1.165, 1.54) is 5.56 Å². The largest absolute Gasteiger partial charge is 0.298 e. The molecule has 0 radical (unpaired) electrons. The van der Waals surface area contributed by atoms with Gasteiger partial charge in [-0.05, 0) is 34.5 Å². The van der Waals surface area contributed by atoms with E-state index in [1.54, 1.807) is 11.3 Å². The summed E-state index contributed by atoms with van der Waals surface area (Å²) in [5, 5.41) is 3.18. The van der Waals surface area contributed by atoms with Crippen LogP contribution in [0.3, 0.4) is 0 Å². The van der Waals surface area contributed by atoms with Crippen LogP contribution >= 0.6 is 27.3 Å². The number of carbonyl (C=O) groups excluding carboxylic acids is 1. The molecule has 0 atom stereocenters. The van der Waals surface area contributed by atoms with E-state index in [0.717, 1.165) is 26.4 Å². The maximum Gasteiger partial charge on any atom is 0.151 e. The lowest BCUT2D eigenvalue weighted by Gasteiger charge is -1.98. The van der Waals surface area contributed by atoms with Gasteiger partial charge < -0.3 is 0 Å². The molecular formula is C10H7BrOS. The number of carbonyl (C=O) groups is 1. The smallest absolute Gasteiger partial charge is 0.151 e. The van der Waals surface area contributed by atoms with Gasteiger partial charge in [0.2, 0.25) is 0 Å². The number of aldehydes is 1. The van der Waals surface area contributed by atoms with Crippen LogP contribution in [0.4, 0.5) is 0 Å². The van der Waals surface area contributed by atoms with Crippen LogP contribution in [0.15, 0.2) is 22.0 Å². The topological polar surface area (TPSA) is 17.1 Å². The molecule has 3 heteroatoms. The van der Waals surface area contributed by atoms with Crippen molar-refractivity contribution in [1.82, 2.24) is 0 Å². The molecule has 0 saturated heterocycles. The second kappa shape index (κ2) is 3.24. The number of benzene rings is 1. The van der Waals surface area contributed by atoms with E-state index in [9.17, 15) is 4.79 Å². The summed E-state index contributed by atoms with van der Waals surface area (Å²) in [6.45, 7) is 2.05. The highest BCUT2D eigenvalue weighted by atomic mass is 79.9. The van der Waals surface area contributed by atoms with Crippen molar-refractivity contribution < 1.29 is 4.79 Å². The van der Waals surface area contributed by atoms with Crippen molar-refractivity contribution in [1.29, 1.82) is 0 Å². The minimum atomic E-state index is 0.774. The minimum absolute atomic E-state index is 0.774. The summed E-state index contributed by atoms with van der Waals surface area (Å²) in [5.41, 5.74) is 1.98. The molecule has 1 nitrogen and oxygen atoms in total. The van der Waals surface area contributed by atoms with Crippen molar-refractivity contribution in [3.63, 3.8) is 0 Å². The van der Waals surface area contributed by atoms with E-state index in [-0.39, 0.29) is 0 Å². The molecule has 1 heterocycles. The van der Waals surface area contributed by atoms with Gasteiger partial charge in [-0.3, -0.25) is 4.79 Å². The van der Waals surface area contributed by atoms with E-state index in [1.807, 2.05) is 24.4 Å². The Hall–Kier alpha value is -0.670. The van der Waals surface area contributed by atoms with Gasteiger partial charge in [0.25, 0.3) is 0 Å². The molecule has 2 rings (SSSR count). The number of halogens is 1. The van der Waals surface area contributed by atoms with E-state index < -0.39 is 0 Å². The molecular weight excluding hydrogens is 248 g/mol. The van der Waals surface area contributed by atoms with Crippen molar-refractivity contribution in [3.05, 3.63) is 33.1 Å². The summed E-state index contributed by atoms with van der Waals surface area (Å²) in [4.78, 5) is 10.7. The molecule has 0 saturated carbocycles. The third kappa shape index (κ3) is 1.32. The molecule has 0 N–H and O–H groups in total. The fourth-order valence-electron chi connectivity index (χ4n) is 1.38. The minimum Gasteiger partial charge on any atom is -0.298 e. The van der Waals surface area contributed by atoms with Crippen LogP contribution in [0, 0.1) is 6.92 Å². The number of fused-ring (bicyclic) bond motifs is 1. The standard InChI is InChI=1S/C10H7BrOS/c1-6-2-3-7(4-12)10-9(6)8(11)5-13-10/h2-5H,1H3. The van der Waals surface area contributed by atoms with Crippen LogP contribution in [0.5, 0.6) is 0 Å². The molecule has 0 aliphatic heterocycles. The first-order chi connectivity index (χ1) is 6.24. The van der Waals surface area contributed by atoms with Crippen molar-refractivity contribution >= 4 is 43.6 Å². The van der Waals surface area contributed by atoms with Gasteiger partial charge in [0, 0.05) is 25.5 Å². The molecule has 1 aromatic carbocycles. The van der Waals surface area contributed by atoms with E-state index >= 15 is 0 Å². The third-order valence-corrected chi connectivity index (χ3v) is 4.00. The first kappa shape index (κ1) is 8.91. The van der Waals surface area contributed by atoms with Crippen molar-refractivity contribution in [3.8, 4) is 0 Å². The fourth-order valence-corrected chi connectivity index (χ4v) is 3.29. The fraction of sp³-hybridized carbons (Fsp3) is 0.100. The first-order valence-corrected chi connectivity index (χ1v) is 5.53. The lowest BCUT2D eigenvalue weighted by atomic mass is 10.1. The Morgan fingerprint density at radius 3 is 2.92 bits per heavy atom. The maximum atomic E-state index is 10.7. The Morgan fingerprint density at radius 2 is 2.23 bits per heavy atom. The Kier molecular flexibility index (Phi) is 2.22. The lowest BCUT2D eigenvalue weighted by Crippen LogP contribution is -1.81. The van der Waals surface area contributed by atoms with Crippen LogP contribution in [0.2, 0.25) is 0 Å². The predicted molar refractivity (Wildman–Crippen MR) is 59.6 cm³/mol. The number of aryl methyl sites for hydroxylation is 1. The molecule has 0 amide bonds.